The fraction of sp³-hybridized carbons (Fsp3) is 0.444. The van der Waals surface area contributed by atoms with Gasteiger partial charge >= 0.3 is 0 Å². The molecule has 27 heavy (non-hydrogen) atoms. The van der Waals surface area contributed by atoms with Crippen LogP contribution in [-0.2, 0) is 4.79 Å². The van der Waals surface area contributed by atoms with Gasteiger partial charge in [0.1, 0.15) is 5.69 Å². The van der Waals surface area contributed by atoms with Crippen LogP contribution in [0.15, 0.2) is 34.2 Å². The number of carbonyl (C=O) groups is 1. The van der Waals surface area contributed by atoms with E-state index in [1.165, 1.54) is 31.9 Å². The fourth-order valence-electron chi connectivity index (χ4n) is 2.91. The molecule has 0 saturated carbocycles. The third kappa shape index (κ3) is 4.60. The number of thioether (sulfide) groups is 1. The molecule has 1 fully saturated rings. The predicted octanol–water partition coefficient (Wildman–Crippen LogP) is 1.77. The van der Waals surface area contributed by atoms with E-state index in [1.54, 1.807) is 6.92 Å². The number of nitrogens with two attached hydrogens (primary N) is 1. The monoisotopic (exact) mass is 388 g/mol. The Morgan fingerprint density at radius 1 is 1.19 bits per heavy atom. The van der Waals surface area contributed by atoms with Crippen LogP contribution in [-0.4, -0.2) is 39.1 Å². The number of anilines is 2. The Balaban J connectivity index is 1.61. The zero-order chi connectivity index (χ0) is 19.4. The second-order valence-electron chi connectivity index (χ2n) is 6.59. The summed E-state index contributed by atoms with van der Waals surface area (Å²) in [7, 11) is 0. The van der Waals surface area contributed by atoms with Crippen LogP contribution < -0.4 is 21.6 Å². The Kier molecular flexibility index (Phi) is 6.00. The minimum absolute atomic E-state index is 0.194. The number of carbonyl (C=O) groups excluding carboxylic acids is 1. The first-order chi connectivity index (χ1) is 13.0. The Morgan fingerprint density at radius 3 is 2.52 bits per heavy atom. The first-order valence-electron chi connectivity index (χ1n) is 8.99. The largest absolute Gasteiger partial charge is 0.372 e. The van der Waals surface area contributed by atoms with E-state index in [4.69, 9.17) is 5.84 Å². The lowest BCUT2D eigenvalue weighted by atomic mass is 10.1. The van der Waals surface area contributed by atoms with E-state index >= 15 is 0 Å². The van der Waals surface area contributed by atoms with Crippen molar-refractivity contribution in [2.45, 2.75) is 43.5 Å². The van der Waals surface area contributed by atoms with Crippen molar-refractivity contribution < 1.29 is 4.79 Å². The summed E-state index contributed by atoms with van der Waals surface area (Å²) in [4.78, 5) is 26.6. The molecule has 1 aromatic carbocycles. The number of aromatic nitrogens is 3. The number of nitrogens with one attached hydrogen (secondary N) is 1. The number of nitrogens with zero attached hydrogens (tertiary/aromatic N) is 4. The summed E-state index contributed by atoms with van der Waals surface area (Å²) in [5, 5.41) is 10.3. The van der Waals surface area contributed by atoms with Gasteiger partial charge in [0.15, 0.2) is 0 Å². The summed E-state index contributed by atoms with van der Waals surface area (Å²) in [5.41, 5.74) is 1.70. The van der Waals surface area contributed by atoms with Crippen LogP contribution in [0.1, 0.15) is 31.9 Å². The molecule has 1 saturated heterocycles. The molecule has 0 bridgehead atoms. The lowest BCUT2D eigenvalue weighted by Gasteiger charge is -2.28. The molecule has 0 unspecified atom stereocenters. The molecule has 144 valence electrons. The molecule has 2 heterocycles. The normalized spacial score (nSPS) is 15.4. The van der Waals surface area contributed by atoms with Crippen LogP contribution in [0.5, 0.6) is 0 Å². The average molecular weight is 388 g/mol. The number of piperidine rings is 1. The van der Waals surface area contributed by atoms with Crippen molar-refractivity contribution in [3.05, 3.63) is 40.3 Å². The zero-order valence-electron chi connectivity index (χ0n) is 15.5. The van der Waals surface area contributed by atoms with Crippen LogP contribution in [0.25, 0.3) is 0 Å². The first-order valence-corrected chi connectivity index (χ1v) is 9.87. The maximum Gasteiger partial charge on any atom is 0.294 e. The number of hydrogen-bond donors (Lipinski definition) is 2. The molecule has 1 aromatic heterocycles. The second-order valence-corrected chi connectivity index (χ2v) is 7.90. The molecule has 0 radical (unpaired) electrons. The quantitative estimate of drug-likeness (QED) is 0.594. The van der Waals surface area contributed by atoms with Gasteiger partial charge in [-0.1, -0.05) is 11.8 Å². The predicted molar refractivity (Wildman–Crippen MR) is 108 cm³/mol. The summed E-state index contributed by atoms with van der Waals surface area (Å²) in [6.45, 7) is 5.43. The summed E-state index contributed by atoms with van der Waals surface area (Å²) in [6.07, 6.45) is 3.74. The number of rotatable bonds is 5. The molecule has 1 amide bonds. The molecule has 8 nitrogen and oxygen atoms in total. The van der Waals surface area contributed by atoms with Gasteiger partial charge in [-0.25, -0.2) is 0 Å². The minimum atomic E-state index is -0.488. The minimum Gasteiger partial charge on any atom is -0.372 e. The maximum atomic E-state index is 12.4. The van der Waals surface area contributed by atoms with Crippen LogP contribution >= 0.6 is 11.8 Å². The van der Waals surface area contributed by atoms with Crippen molar-refractivity contribution in [2.24, 2.45) is 0 Å². The van der Waals surface area contributed by atoms with Crippen LogP contribution in [0, 0.1) is 6.92 Å². The van der Waals surface area contributed by atoms with Gasteiger partial charge in [0, 0.05) is 24.5 Å². The lowest BCUT2D eigenvalue weighted by Crippen LogP contribution is -2.33. The van der Waals surface area contributed by atoms with Crippen LogP contribution in [0.2, 0.25) is 0 Å². The molecule has 1 atom stereocenters. The number of hydrogen-bond acceptors (Lipinski definition) is 7. The van der Waals surface area contributed by atoms with Crippen molar-refractivity contribution in [3.63, 3.8) is 0 Å². The standard InChI is InChI=1S/C18H24N6O2S/c1-12-17(26)24(19)18(22-21-12)27-13(2)16(25)20-14-6-8-15(9-7-14)23-10-4-3-5-11-23/h6-9,13H,3-5,10-11,19H2,1-2H3,(H,20,25)/t13-/m0/s1. The van der Waals surface area contributed by atoms with Crippen molar-refractivity contribution >= 4 is 29.0 Å². The molecule has 3 rings (SSSR count). The molecule has 1 aliphatic rings. The molecular formula is C18H24N6O2S. The van der Waals surface area contributed by atoms with Gasteiger partial charge in [-0.3, -0.25) is 9.59 Å². The summed E-state index contributed by atoms with van der Waals surface area (Å²) >= 11 is 1.09. The van der Waals surface area contributed by atoms with E-state index < -0.39 is 10.8 Å². The molecule has 2 aromatic rings. The Bertz CT molecular complexity index is 861. The highest BCUT2D eigenvalue weighted by Gasteiger charge is 2.19. The molecule has 0 spiro atoms. The lowest BCUT2D eigenvalue weighted by molar-refractivity contribution is -0.115. The topological polar surface area (TPSA) is 106 Å². The van der Waals surface area contributed by atoms with Gasteiger partial charge in [0.05, 0.1) is 5.25 Å². The van der Waals surface area contributed by atoms with E-state index in [1.807, 2.05) is 24.3 Å². The third-order valence-corrected chi connectivity index (χ3v) is 5.58. The maximum absolute atomic E-state index is 12.4. The van der Waals surface area contributed by atoms with E-state index in [0.717, 1.165) is 35.2 Å². The fourth-order valence-corrected chi connectivity index (χ4v) is 3.68. The molecule has 3 N–H and O–H groups in total. The van der Waals surface area contributed by atoms with Crippen molar-refractivity contribution in [3.8, 4) is 0 Å². The second kappa shape index (κ2) is 8.43. The number of aryl methyl sites for hydroxylation is 1. The highest BCUT2D eigenvalue weighted by molar-refractivity contribution is 8.00. The molecule has 1 aliphatic heterocycles. The van der Waals surface area contributed by atoms with Crippen molar-refractivity contribution in [1.82, 2.24) is 14.9 Å². The summed E-state index contributed by atoms with van der Waals surface area (Å²) in [5.74, 6) is 5.52. The third-order valence-electron chi connectivity index (χ3n) is 4.53. The van der Waals surface area contributed by atoms with Gasteiger partial charge in [0.25, 0.3) is 5.56 Å². The smallest absolute Gasteiger partial charge is 0.294 e. The number of amides is 1. The van der Waals surface area contributed by atoms with Crippen LogP contribution in [0.4, 0.5) is 11.4 Å². The summed E-state index contributed by atoms with van der Waals surface area (Å²) in [6, 6.07) is 7.87. The highest BCUT2D eigenvalue weighted by Crippen LogP contribution is 2.23. The van der Waals surface area contributed by atoms with E-state index in [-0.39, 0.29) is 16.8 Å². The van der Waals surface area contributed by atoms with E-state index in [2.05, 4.69) is 20.4 Å². The van der Waals surface area contributed by atoms with Gasteiger partial charge in [-0.15, -0.1) is 10.2 Å². The summed E-state index contributed by atoms with van der Waals surface area (Å²) < 4.78 is 0.921. The van der Waals surface area contributed by atoms with Gasteiger partial charge < -0.3 is 16.1 Å². The Morgan fingerprint density at radius 2 is 1.85 bits per heavy atom. The van der Waals surface area contributed by atoms with Gasteiger partial charge in [-0.05, 0) is 57.4 Å². The SMILES string of the molecule is Cc1nnc(S[C@@H](C)C(=O)Nc2ccc(N3CCCCC3)cc2)n(N)c1=O. The zero-order valence-corrected chi connectivity index (χ0v) is 16.3. The number of benzene rings is 1. The Hall–Kier alpha value is -2.55. The van der Waals surface area contributed by atoms with E-state index in [9.17, 15) is 9.59 Å². The average Bonchev–Trinajstić information content (AvgIpc) is 2.69. The molecular weight excluding hydrogens is 364 g/mol. The van der Waals surface area contributed by atoms with Crippen LogP contribution in [0.3, 0.4) is 0 Å². The van der Waals surface area contributed by atoms with Gasteiger partial charge in [0.2, 0.25) is 11.1 Å². The van der Waals surface area contributed by atoms with Crippen molar-refractivity contribution in [1.29, 1.82) is 0 Å². The number of nitrogen functional groups attached to an aromatic ring is 1. The van der Waals surface area contributed by atoms with Crippen molar-refractivity contribution in [2.75, 3.05) is 29.1 Å². The highest BCUT2D eigenvalue weighted by atomic mass is 32.2. The molecule has 9 heteroatoms. The Labute approximate surface area is 162 Å². The molecule has 0 aliphatic carbocycles. The first kappa shape index (κ1) is 19.2. The van der Waals surface area contributed by atoms with E-state index in [0.29, 0.717) is 0 Å². The van der Waals surface area contributed by atoms with Gasteiger partial charge in [-0.2, -0.15) is 4.68 Å².